The molecule has 1 heterocycles. The van der Waals surface area contributed by atoms with E-state index in [9.17, 15) is 4.79 Å². The molecule has 152 valence electrons. The number of carbonyl (C=O) groups excluding carboxylic acids is 1. The van der Waals surface area contributed by atoms with Gasteiger partial charge >= 0.3 is 0 Å². The molecule has 0 unspecified atom stereocenters. The minimum Gasteiger partial charge on any atom is -0.497 e. The molecule has 4 nitrogen and oxygen atoms in total. The van der Waals surface area contributed by atoms with Crippen molar-refractivity contribution in [3.8, 4) is 5.75 Å². The second-order valence-corrected chi connectivity index (χ2v) is 8.22. The Kier molecular flexibility index (Phi) is 6.31. The van der Waals surface area contributed by atoms with E-state index in [1.54, 1.807) is 13.2 Å². The number of ether oxygens (including phenoxy) is 1. The fraction of sp³-hybridized carbons (Fsp3) is 0.125. The van der Waals surface area contributed by atoms with E-state index < -0.39 is 0 Å². The standard InChI is InChI=1S/C24H21ClN2O2S/c1-29-19-9-6-8-18(13-19)26-24(28)16-30-23-15-27(22-12-5-3-10-20(22)23)14-17-7-2-4-11-21(17)25/h2-13,15H,14,16H2,1H3,(H,26,28). The molecule has 0 aliphatic rings. The number of carbonyl (C=O) groups is 1. The number of hydrogen-bond acceptors (Lipinski definition) is 3. The molecule has 0 aliphatic heterocycles. The van der Waals surface area contributed by atoms with Crippen molar-refractivity contribution in [3.05, 3.63) is 89.6 Å². The average Bonchev–Trinajstić information content (AvgIpc) is 3.12. The van der Waals surface area contributed by atoms with Crippen molar-refractivity contribution in [2.75, 3.05) is 18.2 Å². The Hall–Kier alpha value is -2.89. The van der Waals surface area contributed by atoms with E-state index in [2.05, 4.69) is 28.2 Å². The van der Waals surface area contributed by atoms with Gasteiger partial charge in [-0.15, -0.1) is 11.8 Å². The van der Waals surface area contributed by atoms with E-state index >= 15 is 0 Å². The van der Waals surface area contributed by atoms with Crippen molar-refractivity contribution in [2.24, 2.45) is 0 Å². The van der Waals surface area contributed by atoms with Gasteiger partial charge < -0.3 is 14.6 Å². The van der Waals surface area contributed by atoms with Crippen LogP contribution in [0.1, 0.15) is 5.56 Å². The van der Waals surface area contributed by atoms with Gasteiger partial charge in [-0.25, -0.2) is 0 Å². The number of anilines is 1. The lowest BCUT2D eigenvalue weighted by Gasteiger charge is -2.07. The maximum atomic E-state index is 12.5. The Bertz CT molecular complexity index is 1190. The monoisotopic (exact) mass is 436 g/mol. The van der Waals surface area contributed by atoms with Gasteiger partial charge in [0.1, 0.15) is 5.75 Å². The van der Waals surface area contributed by atoms with Crippen LogP contribution in [0.5, 0.6) is 5.75 Å². The first-order valence-corrected chi connectivity index (χ1v) is 10.9. The number of hydrogen-bond donors (Lipinski definition) is 1. The summed E-state index contributed by atoms with van der Waals surface area (Å²) in [6.45, 7) is 0.677. The molecule has 1 aromatic heterocycles. The highest BCUT2D eigenvalue weighted by Crippen LogP contribution is 2.31. The van der Waals surface area contributed by atoms with Crippen LogP contribution in [0.25, 0.3) is 10.9 Å². The van der Waals surface area contributed by atoms with Crippen molar-refractivity contribution in [2.45, 2.75) is 11.4 Å². The van der Waals surface area contributed by atoms with Crippen molar-refractivity contribution >= 4 is 45.9 Å². The summed E-state index contributed by atoms with van der Waals surface area (Å²) >= 11 is 7.88. The summed E-state index contributed by atoms with van der Waals surface area (Å²) < 4.78 is 7.38. The van der Waals surface area contributed by atoms with Crippen molar-refractivity contribution in [1.29, 1.82) is 0 Å². The summed E-state index contributed by atoms with van der Waals surface area (Å²) in [5, 5.41) is 4.81. The van der Waals surface area contributed by atoms with Crippen molar-refractivity contribution < 1.29 is 9.53 Å². The lowest BCUT2D eigenvalue weighted by molar-refractivity contribution is -0.113. The highest BCUT2D eigenvalue weighted by Gasteiger charge is 2.12. The lowest BCUT2D eigenvalue weighted by Crippen LogP contribution is -2.13. The molecule has 4 aromatic rings. The van der Waals surface area contributed by atoms with Gasteiger partial charge in [0.2, 0.25) is 5.91 Å². The van der Waals surface area contributed by atoms with E-state index in [0.717, 1.165) is 32.1 Å². The zero-order chi connectivity index (χ0) is 20.9. The van der Waals surface area contributed by atoms with Gasteiger partial charge in [-0.1, -0.05) is 54.1 Å². The Morgan fingerprint density at radius 1 is 1.07 bits per heavy atom. The number of thioether (sulfide) groups is 1. The molecule has 0 atom stereocenters. The molecule has 4 rings (SSSR count). The van der Waals surface area contributed by atoms with Gasteiger partial charge in [0.25, 0.3) is 0 Å². The quantitative estimate of drug-likeness (QED) is 0.357. The predicted molar refractivity (Wildman–Crippen MR) is 125 cm³/mol. The average molecular weight is 437 g/mol. The fourth-order valence-electron chi connectivity index (χ4n) is 3.31. The molecule has 6 heteroatoms. The van der Waals surface area contributed by atoms with Crippen LogP contribution in [0.3, 0.4) is 0 Å². The third-order valence-electron chi connectivity index (χ3n) is 4.76. The van der Waals surface area contributed by atoms with E-state index in [0.29, 0.717) is 18.0 Å². The van der Waals surface area contributed by atoms with Crippen LogP contribution in [0.4, 0.5) is 5.69 Å². The normalized spacial score (nSPS) is 10.9. The Balaban J connectivity index is 1.50. The summed E-state index contributed by atoms with van der Waals surface area (Å²) in [4.78, 5) is 13.5. The molecule has 0 saturated carbocycles. The highest BCUT2D eigenvalue weighted by atomic mass is 35.5. The van der Waals surface area contributed by atoms with Crippen LogP contribution in [-0.4, -0.2) is 23.3 Å². The largest absolute Gasteiger partial charge is 0.497 e. The Morgan fingerprint density at radius 3 is 2.70 bits per heavy atom. The third-order valence-corrected chi connectivity index (χ3v) is 6.17. The molecule has 1 amide bonds. The summed E-state index contributed by atoms with van der Waals surface area (Å²) in [6.07, 6.45) is 2.09. The molecule has 0 spiro atoms. The minimum absolute atomic E-state index is 0.0591. The molecule has 1 N–H and O–H groups in total. The molecule has 30 heavy (non-hydrogen) atoms. The smallest absolute Gasteiger partial charge is 0.234 e. The minimum atomic E-state index is -0.0591. The molecule has 0 bridgehead atoms. The van der Waals surface area contributed by atoms with Gasteiger partial charge in [-0.2, -0.15) is 0 Å². The zero-order valence-corrected chi connectivity index (χ0v) is 18.0. The lowest BCUT2D eigenvalue weighted by atomic mass is 10.2. The fourth-order valence-corrected chi connectivity index (χ4v) is 4.39. The molecular formula is C24H21ClN2O2S. The number of nitrogens with zero attached hydrogens (tertiary/aromatic N) is 1. The first kappa shape index (κ1) is 20.4. The van der Waals surface area contributed by atoms with Gasteiger partial charge in [0, 0.05) is 45.3 Å². The number of rotatable bonds is 7. The number of para-hydroxylation sites is 1. The maximum absolute atomic E-state index is 12.5. The van der Waals surface area contributed by atoms with Crippen LogP contribution >= 0.6 is 23.4 Å². The molecule has 0 radical (unpaired) electrons. The number of benzene rings is 3. The van der Waals surface area contributed by atoms with Gasteiger partial charge in [-0.3, -0.25) is 4.79 Å². The number of aromatic nitrogens is 1. The predicted octanol–water partition coefficient (Wildman–Crippen LogP) is 6.08. The molecule has 0 saturated heterocycles. The van der Waals surface area contributed by atoms with E-state index in [-0.39, 0.29) is 5.91 Å². The highest BCUT2D eigenvalue weighted by molar-refractivity contribution is 8.00. The van der Waals surface area contributed by atoms with E-state index in [1.807, 2.05) is 54.6 Å². The summed E-state index contributed by atoms with van der Waals surface area (Å²) in [5.41, 5.74) is 2.90. The maximum Gasteiger partial charge on any atom is 0.234 e. The third kappa shape index (κ3) is 4.64. The van der Waals surface area contributed by atoms with Gasteiger partial charge in [0.15, 0.2) is 0 Å². The van der Waals surface area contributed by atoms with E-state index in [1.165, 1.54) is 11.8 Å². The molecule has 0 aliphatic carbocycles. The molecule has 3 aromatic carbocycles. The Labute approximate surface area is 184 Å². The number of nitrogens with one attached hydrogen (secondary N) is 1. The number of methoxy groups -OCH3 is 1. The second kappa shape index (κ2) is 9.28. The van der Waals surface area contributed by atoms with E-state index in [4.69, 9.17) is 16.3 Å². The number of amides is 1. The van der Waals surface area contributed by atoms with Gasteiger partial charge in [-0.05, 0) is 29.8 Å². The second-order valence-electron chi connectivity index (χ2n) is 6.80. The first-order chi connectivity index (χ1) is 14.6. The topological polar surface area (TPSA) is 43.3 Å². The molecule has 0 fully saturated rings. The molecular weight excluding hydrogens is 416 g/mol. The van der Waals surface area contributed by atoms with Crippen LogP contribution in [0.2, 0.25) is 5.02 Å². The summed E-state index contributed by atoms with van der Waals surface area (Å²) in [5.74, 6) is 0.969. The van der Waals surface area contributed by atoms with Crippen LogP contribution in [0.15, 0.2) is 83.9 Å². The zero-order valence-electron chi connectivity index (χ0n) is 16.5. The number of fused-ring (bicyclic) bond motifs is 1. The van der Waals surface area contributed by atoms with Crippen molar-refractivity contribution in [1.82, 2.24) is 4.57 Å². The number of halogens is 1. The summed E-state index contributed by atoms with van der Waals surface area (Å²) in [7, 11) is 1.61. The van der Waals surface area contributed by atoms with Crippen LogP contribution in [-0.2, 0) is 11.3 Å². The van der Waals surface area contributed by atoms with Crippen molar-refractivity contribution in [3.63, 3.8) is 0 Å². The summed E-state index contributed by atoms with van der Waals surface area (Å²) in [6, 6.07) is 23.4. The SMILES string of the molecule is COc1cccc(NC(=O)CSc2cn(Cc3ccccc3Cl)c3ccccc23)c1. The Morgan fingerprint density at radius 2 is 1.87 bits per heavy atom. The van der Waals surface area contributed by atoms with Gasteiger partial charge in [0.05, 0.1) is 12.9 Å². The van der Waals surface area contributed by atoms with Crippen LogP contribution < -0.4 is 10.1 Å². The first-order valence-electron chi connectivity index (χ1n) is 9.52. The van der Waals surface area contributed by atoms with Crippen LogP contribution in [0, 0.1) is 0 Å².